The van der Waals surface area contributed by atoms with Crippen molar-refractivity contribution < 1.29 is 4.74 Å². The molecule has 0 saturated heterocycles. The summed E-state index contributed by atoms with van der Waals surface area (Å²) < 4.78 is 5.63. The number of nitrogens with zero attached hydrogens (tertiary/aromatic N) is 2. The lowest BCUT2D eigenvalue weighted by Crippen LogP contribution is -2.43. The summed E-state index contributed by atoms with van der Waals surface area (Å²) in [5.74, 6) is 0.878. The number of aryl methyl sites for hydroxylation is 1. The maximum atomic E-state index is 5.63. The Labute approximate surface area is 165 Å². The number of guanidine groups is 1. The van der Waals surface area contributed by atoms with Crippen molar-refractivity contribution in [1.82, 2.24) is 10.6 Å². The fourth-order valence-corrected chi connectivity index (χ4v) is 3.98. The van der Waals surface area contributed by atoms with Crippen molar-refractivity contribution in [3.05, 3.63) is 29.3 Å². The van der Waals surface area contributed by atoms with Gasteiger partial charge in [0.1, 0.15) is 0 Å². The smallest absolute Gasteiger partial charge is 0.191 e. The topological polar surface area (TPSA) is 48.9 Å². The van der Waals surface area contributed by atoms with Gasteiger partial charge in [-0.1, -0.05) is 25.0 Å². The predicted molar refractivity (Wildman–Crippen MR) is 116 cm³/mol. The number of anilines is 1. The molecule has 1 aromatic carbocycles. The van der Waals surface area contributed by atoms with Gasteiger partial charge < -0.3 is 20.3 Å². The standard InChI is InChI=1S/C22H38N4O/c1-6-27-14-13-22(11-7-8-12-22)17-25-21(23-3)24-16-19-10-9-18(2)15-20(19)26(4)5/h9-10,15H,6-8,11-14,16-17H2,1-5H3,(H2,23,24,25). The van der Waals surface area contributed by atoms with Gasteiger partial charge in [0.25, 0.3) is 0 Å². The number of aliphatic imine (C=N–C) groups is 1. The Kier molecular flexibility index (Phi) is 8.42. The molecule has 1 saturated carbocycles. The molecule has 0 spiro atoms. The van der Waals surface area contributed by atoms with Gasteiger partial charge >= 0.3 is 0 Å². The molecule has 0 amide bonds. The first-order valence-corrected chi connectivity index (χ1v) is 10.3. The summed E-state index contributed by atoms with van der Waals surface area (Å²) in [7, 11) is 6.03. The molecule has 0 bridgehead atoms. The highest BCUT2D eigenvalue weighted by Gasteiger charge is 2.33. The molecule has 5 nitrogen and oxygen atoms in total. The van der Waals surface area contributed by atoms with Gasteiger partial charge in [0, 0.05) is 53.1 Å². The lowest BCUT2D eigenvalue weighted by molar-refractivity contribution is 0.105. The van der Waals surface area contributed by atoms with E-state index in [0.717, 1.165) is 38.7 Å². The third-order valence-electron chi connectivity index (χ3n) is 5.67. The highest BCUT2D eigenvalue weighted by molar-refractivity contribution is 5.79. The van der Waals surface area contributed by atoms with Crippen molar-refractivity contribution in [2.45, 2.75) is 52.5 Å². The van der Waals surface area contributed by atoms with E-state index in [1.807, 2.05) is 7.05 Å². The Morgan fingerprint density at radius 1 is 1.22 bits per heavy atom. The molecule has 0 aliphatic heterocycles. The summed E-state index contributed by atoms with van der Waals surface area (Å²) in [5, 5.41) is 7.07. The number of rotatable bonds is 9. The van der Waals surface area contributed by atoms with E-state index in [2.05, 4.69) is 66.7 Å². The monoisotopic (exact) mass is 374 g/mol. The third-order valence-corrected chi connectivity index (χ3v) is 5.67. The lowest BCUT2D eigenvalue weighted by Gasteiger charge is -2.30. The van der Waals surface area contributed by atoms with Crippen LogP contribution < -0.4 is 15.5 Å². The van der Waals surface area contributed by atoms with Crippen LogP contribution in [0.25, 0.3) is 0 Å². The predicted octanol–water partition coefficient (Wildman–Crippen LogP) is 3.71. The molecule has 2 rings (SSSR count). The van der Waals surface area contributed by atoms with E-state index < -0.39 is 0 Å². The molecule has 27 heavy (non-hydrogen) atoms. The Hall–Kier alpha value is -1.75. The molecule has 1 aliphatic rings. The van der Waals surface area contributed by atoms with E-state index in [-0.39, 0.29) is 0 Å². The zero-order chi connectivity index (χ0) is 19.7. The molecule has 0 unspecified atom stereocenters. The van der Waals surface area contributed by atoms with Crippen LogP contribution in [0.5, 0.6) is 0 Å². The van der Waals surface area contributed by atoms with Crippen molar-refractivity contribution in [3.63, 3.8) is 0 Å². The van der Waals surface area contributed by atoms with Crippen LogP contribution in [0, 0.1) is 12.3 Å². The third kappa shape index (κ3) is 6.42. The van der Waals surface area contributed by atoms with Crippen LogP contribution >= 0.6 is 0 Å². The van der Waals surface area contributed by atoms with E-state index >= 15 is 0 Å². The SMILES string of the molecule is CCOCCC1(CNC(=NC)NCc2ccc(C)cc2N(C)C)CCCC1. The van der Waals surface area contributed by atoms with Crippen LogP contribution in [0.1, 0.15) is 50.2 Å². The fraction of sp³-hybridized carbons (Fsp3) is 0.682. The molecule has 1 aliphatic carbocycles. The van der Waals surface area contributed by atoms with E-state index in [0.29, 0.717) is 5.41 Å². The van der Waals surface area contributed by atoms with Gasteiger partial charge in [-0.2, -0.15) is 0 Å². The van der Waals surface area contributed by atoms with Crippen LogP contribution in [0.3, 0.4) is 0 Å². The normalized spacial score (nSPS) is 16.4. The minimum absolute atomic E-state index is 0.353. The number of hydrogen-bond acceptors (Lipinski definition) is 3. The molecular weight excluding hydrogens is 336 g/mol. The maximum absolute atomic E-state index is 5.63. The first-order valence-electron chi connectivity index (χ1n) is 10.3. The quantitative estimate of drug-likeness (QED) is 0.393. The molecule has 5 heteroatoms. The van der Waals surface area contributed by atoms with Crippen molar-refractivity contribution in [2.75, 3.05) is 45.8 Å². The van der Waals surface area contributed by atoms with E-state index in [9.17, 15) is 0 Å². The molecule has 2 N–H and O–H groups in total. The Morgan fingerprint density at radius 3 is 2.59 bits per heavy atom. The summed E-state index contributed by atoms with van der Waals surface area (Å²) in [4.78, 5) is 6.60. The first kappa shape index (κ1) is 21.5. The largest absolute Gasteiger partial charge is 0.382 e. The van der Waals surface area contributed by atoms with Gasteiger partial charge in [-0.3, -0.25) is 4.99 Å². The summed E-state index contributed by atoms with van der Waals surface area (Å²) in [6.07, 6.45) is 6.36. The van der Waals surface area contributed by atoms with E-state index in [1.165, 1.54) is 42.5 Å². The minimum Gasteiger partial charge on any atom is -0.382 e. The maximum Gasteiger partial charge on any atom is 0.191 e. The van der Waals surface area contributed by atoms with Gasteiger partial charge in [-0.25, -0.2) is 0 Å². The number of hydrogen-bond donors (Lipinski definition) is 2. The molecule has 152 valence electrons. The molecule has 1 fully saturated rings. The molecule has 0 radical (unpaired) electrons. The second-order valence-corrected chi connectivity index (χ2v) is 7.96. The molecule has 0 atom stereocenters. The van der Waals surface area contributed by atoms with Crippen LogP contribution in [-0.2, 0) is 11.3 Å². The van der Waals surface area contributed by atoms with Crippen LogP contribution in [-0.4, -0.2) is 46.9 Å². The molecule has 1 aromatic rings. The number of nitrogens with one attached hydrogen (secondary N) is 2. The average molecular weight is 375 g/mol. The minimum atomic E-state index is 0.353. The zero-order valence-corrected chi connectivity index (χ0v) is 17.9. The summed E-state index contributed by atoms with van der Waals surface area (Å²) >= 11 is 0. The molecule has 0 heterocycles. The van der Waals surface area contributed by atoms with Gasteiger partial charge in [-0.05, 0) is 55.7 Å². The van der Waals surface area contributed by atoms with Crippen molar-refractivity contribution in [3.8, 4) is 0 Å². The van der Waals surface area contributed by atoms with Gasteiger partial charge in [0.05, 0.1) is 0 Å². The van der Waals surface area contributed by atoms with Crippen LogP contribution in [0.15, 0.2) is 23.2 Å². The van der Waals surface area contributed by atoms with Gasteiger partial charge in [0.15, 0.2) is 5.96 Å². The van der Waals surface area contributed by atoms with Crippen molar-refractivity contribution in [2.24, 2.45) is 10.4 Å². The Balaban J connectivity index is 1.92. The van der Waals surface area contributed by atoms with Gasteiger partial charge in [0.2, 0.25) is 0 Å². The van der Waals surface area contributed by atoms with Crippen LogP contribution in [0.2, 0.25) is 0 Å². The highest BCUT2D eigenvalue weighted by Crippen LogP contribution is 2.40. The highest BCUT2D eigenvalue weighted by atomic mass is 16.5. The number of ether oxygens (including phenoxy) is 1. The first-order chi connectivity index (χ1) is 13.0. The van der Waals surface area contributed by atoms with E-state index in [1.54, 1.807) is 0 Å². The second kappa shape index (κ2) is 10.5. The van der Waals surface area contributed by atoms with Gasteiger partial charge in [-0.15, -0.1) is 0 Å². The molecule has 0 aromatic heterocycles. The van der Waals surface area contributed by atoms with Crippen molar-refractivity contribution in [1.29, 1.82) is 0 Å². The average Bonchev–Trinajstić information content (AvgIpc) is 3.12. The summed E-state index contributed by atoms with van der Waals surface area (Å²) in [6, 6.07) is 6.60. The van der Waals surface area contributed by atoms with Crippen LogP contribution in [0.4, 0.5) is 5.69 Å². The Morgan fingerprint density at radius 2 is 1.96 bits per heavy atom. The zero-order valence-electron chi connectivity index (χ0n) is 17.9. The summed E-state index contributed by atoms with van der Waals surface area (Å²) in [5.41, 5.74) is 4.16. The summed E-state index contributed by atoms with van der Waals surface area (Å²) in [6.45, 7) is 7.59. The second-order valence-electron chi connectivity index (χ2n) is 7.96. The Bertz CT molecular complexity index is 606. The molecular formula is C22H38N4O. The lowest BCUT2D eigenvalue weighted by atomic mass is 9.83. The van der Waals surface area contributed by atoms with Crippen molar-refractivity contribution >= 4 is 11.6 Å². The van der Waals surface area contributed by atoms with E-state index in [4.69, 9.17) is 4.74 Å². The fourth-order valence-electron chi connectivity index (χ4n) is 3.98. The number of benzene rings is 1.